The van der Waals surface area contributed by atoms with Crippen LogP contribution in [0.15, 0.2) is 35.1 Å². The summed E-state index contributed by atoms with van der Waals surface area (Å²) in [7, 11) is 0. The molecule has 4 aliphatic carbocycles. The number of hydrogen-bond acceptors (Lipinski definition) is 5. The van der Waals surface area contributed by atoms with E-state index in [4.69, 9.17) is 4.52 Å². The van der Waals surface area contributed by atoms with Crippen molar-refractivity contribution in [3.05, 3.63) is 47.3 Å². The third-order valence-corrected chi connectivity index (χ3v) is 10.1. The maximum absolute atomic E-state index is 13.9. The van der Waals surface area contributed by atoms with Gasteiger partial charge < -0.3 is 20.5 Å². The number of rotatable bonds is 11. The fourth-order valence-corrected chi connectivity index (χ4v) is 7.12. The molecule has 2 aromatic rings. The van der Waals surface area contributed by atoms with Gasteiger partial charge in [-0.15, -0.1) is 0 Å². The lowest BCUT2D eigenvalue weighted by Crippen LogP contribution is -2.50. The summed E-state index contributed by atoms with van der Waals surface area (Å²) in [6.07, 6.45) is 13.0. The fraction of sp³-hybridized carbons (Fsp3) is 0.625. The number of aryl methyl sites for hydroxylation is 1. The van der Waals surface area contributed by atoms with E-state index in [2.05, 4.69) is 28.0 Å². The van der Waals surface area contributed by atoms with Crippen molar-refractivity contribution in [3.63, 3.8) is 0 Å². The lowest BCUT2D eigenvalue weighted by atomic mass is 9.70. The average molecular weight is 547 g/mol. The predicted octanol–water partition coefficient (Wildman–Crippen LogP) is 5.27. The van der Waals surface area contributed by atoms with Crippen molar-refractivity contribution in [2.24, 2.45) is 23.2 Å². The first kappa shape index (κ1) is 27.0. The van der Waals surface area contributed by atoms with Gasteiger partial charge in [0.05, 0.1) is 11.1 Å². The van der Waals surface area contributed by atoms with Crippen LogP contribution >= 0.6 is 0 Å². The van der Waals surface area contributed by atoms with Gasteiger partial charge in [0.15, 0.2) is 0 Å². The Bertz CT molecular complexity index is 1260. The molecule has 0 radical (unpaired) electrons. The summed E-state index contributed by atoms with van der Waals surface area (Å²) in [6.45, 7) is 4.70. The van der Waals surface area contributed by atoms with Crippen LogP contribution in [-0.4, -0.2) is 35.5 Å². The lowest BCUT2D eigenvalue weighted by Gasteiger charge is -2.39. The molecule has 0 bridgehead atoms. The van der Waals surface area contributed by atoms with E-state index in [1.54, 1.807) is 6.92 Å². The monoisotopic (exact) mass is 546 g/mol. The number of benzene rings is 1. The maximum atomic E-state index is 13.9. The molecular weight excluding hydrogens is 504 g/mol. The molecule has 40 heavy (non-hydrogen) atoms. The van der Waals surface area contributed by atoms with Crippen LogP contribution in [0.5, 0.6) is 0 Å². The van der Waals surface area contributed by atoms with Gasteiger partial charge in [0.1, 0.15) is 17.9 Å². The first-order chi connectivity index (χ1) is 19.3. The molecule has 4 fully saturated rings. The van der Waals surface area contributed by atoms with E-state index in [0.29, 0.717) is 28.8 Å². The molecule has 3 amide bonds. The van der Waals surface area contributed by atoms with Crippen LogP contribution in [0.2, 0.25) is 0 Å². The Kier molecular flexibility index (Phi) is 7.21. The largest absolute Gasteiger partial charge is 0.364 e. The van der Waals surface area contributed by atoms with E-state index in [-0.39, 0.29) is 29.1 Å². The van der Waals surface area contributed by atoms with Gasteiger partial charge in [0, 0.05) is 12.2 Å². The number of anilines is 1. The van der Waals surface area contributed by atoms with Crippen molar-refractivity contribution in [1.29, 1.82) is 0 Å². The molecule has 214 valence electrons. The Morgan fingerprint density at radius 1 is 1.02 bits per heavy atom. The van der Waals surface area contributed by atoms with Crippen molar-refractivity contribution in [1.82, 2.24) is 15.8 Å². The summed E-state index contributed by atoms with van der Waals surface area (Å²) < 4.78 is 4.98. The molecule has 4 saturated carbocycles. The highest BCUT2D eigenvalue weighted by atomic mass is 16.5. The third-order valence-electron chi connectivity index (χ3n) is 10.1. The first-order valence-corrected chi connectivity index (χ1v) is 15.2. The lowest BCUT2D eigenvalue weighted by molar-refractivity contribution is -0.127. The van der Waals surface area contributed by atoms with Crippen LogP contribution in [0.1, 0.15) is 99.2 Å². The number of aromatic nitrogens is 1. The minimum atomic E-state index is -0.641. The SMILES string of the molecule is Cc1nocc1C(=O)N[C@H](C(=O)Nc1cccc(C2(C(=O)NCC3(C)CCC3)CCCC2)c1)C(C1CC1)C1CC1. The molecule has 3 N–H and O–H groups in total. The first-order valence-electron chi connectivity index (χ1n) is 15.2. The van der Waals surface area contributed by atoms with E-state index in [0.717, 1.165) is 63.5 Å². The standard InChI is InChI=1S/C32H42N4O4/c1-20-25(18-40-36-20)28(37)35-27(26(21-9-10-21)22-11-12-22)29(38)34-24-8-5-7-23(17-24)32(15-3-4-16-32)30(39)33-19-31(2)13-6-14-31/h5,7-8,17-18,21-22,26-27H,3-4,6,9-16,19H2,1-2H3,(H,33,39)(H,34,38)(H,35,37)/t27-/m0/s1. The molecular formula is C32H42N4O4. The number of amides is 3. The second-order valence-corrected chi connectivity index (χ2v) is 13.2. The second kappa shape index (κ2) is 10.7. The van der Waals surface area contributed by atoms with E-state index in [1.807, 2.05) is 24.3 Å². The summed E-state index contributed by atoms with van der Waals surface area (Å²) in [5.41, 5.74) is 2.14. The minimum absolute atomic E-state index is 0.110. The van der Waals surface area contributed by atoms with Crippen LogP contribution in [0.4, 0.5) is 5.69 Å². The van der Waals surface area contributed by atoms with Crippen LogP contribution < -0.4 is 16.0 Å². The molecule has 0 saturated heterocycles. The maximum Gasteiger partial charge on any atom is 0.257 e. The zero-order valence-electron chi connectivity index (χ0n) is 23.8. The molecule has 1 atom stereocenters. The average Bonchev–Trinajstić information content (AvgIpc) is 3.85. The van der Waals surface area contributed by atoms with Gasteiger partial charge >= 0.3 is 0 Å². The zero-order chi connectivity index (χ0) is 27.9. The number of hydrogen-bond donors (Lipinski definition) is 3. The Balaban J connectivity index is 1.21. The molecule has 0 aliphatic heterocycles. The van der Waals surface area contributed by atoms with E-state index < -0.39 is 11.5 Å². The molecule has 8 nitrogen and oxygen atoms in total. The molecule has 1 aromatic carbocycles. The molecule has 1 heterocycles. The van der Waals surface area contributed by atoms with E-state index in [9.17, 15) is 14.4 Å². The smallest absolute Gasteiger partial charge is 0.257 e. The Morgan fingerprint density at radius 2 is 1.73 bits per heavy atom. The topological polar surface area (TPSA) is 113 Å². The zero-order valence-corrected chi connectivity index (χ0v) is 23.8. The molecule has 4 aliphatic rings. The van der Waals surface area contributed by atoms with Crippen molar-refractivity contribution in [3.8, 4) is 0 Å². The van der Waals surface area contributed by atoms with Crippen LogP contribution in [-0.2, 0) is 15.0 Å². The number of nitrogens with zero attached hydrogens (tertiary/aromatic N) is 1. The molecule has 0 spiro atoms. The highest BCUT2D eigenvalue weighted by Gasteiger charge is 2.49. The van der Waals surface area contributed by atoms with Crippen LogP contribution in [0.25, 0.3) is 0 Å². The van der Waals surface area contributed by atoms with E-state index in [1.165, 1.54) is 25.5 Å². The van der Waals surface area contributed by atoms with Gasteiger partial charge in [0.25, 0.3) is 5.91 Å². The quantitative estimate of drug-likeness (QED) is 0.355. The van der Waals surface area contributed by atoms with Gasteiger partial charge in [-0.05, 0) is 99.2 Å². The van der Waals surface area contributed by atoms with E-state index >= 15 is 0 Å². The van der Waals surface area contributed by atoms with Crippen molar-refractivity contribution in [2.45, 2.75) is 95.9 Å². The second-order valence-electron chi connectivity index (χ2n) is 13.2. The summed E-state index contributed by atoms with van der Waals surface area (Å²) in [5.74, 6) is 0.611. The number of nitrogens with one attached hydrogen (secondary N) is 3. The summed E-state index contributed by atoms with van der Waals surface area (Å²) in [5, 5.41) is 13.3. The minimum Gasteiger partial charge on any atom is -0.364 e. The number of carbonyl (C=O) groups excluding carboxylic acids is 3. The molecule has 6 rings (SSSR count). The van der Waals surface area contributed by atoms with Gasteiger partial charge in [-0.1, -0.05) is 43.5 Å². The highest BCUT2D eigenvalue weighted by molar-refractivity contribution is 6.02. The Morgan fingerprint density at radius 3 is 2.30 bits per heavy atom. The summed E-state index contributed by atoms with van der Waals surface area (Å²) >= 11 is 0. The van der Waals surface area contributed by atoms with Gasteiger partial charge in [-0.2, -0.15) is 0 Å². The highest BCUT2D eigenvalue weighted by Crippen LogP contribution is 2.51. The van der Waals surface area contributed by atoms with Crippen LogP contribution in [0, 0.1) is 30.1 Å². The summed E-state index contributed by atoms with van der Waals surface area (Å²) in [4.78, 5) is 40.7. The normalized spacial score (nSPS) is 21.9. The molecule has 8 heteroatoms. The Labute approximate surface area is 236 Å². The Hall–Kier alpha value is -3.16. The van der Waals surface area contributed by atoms with Gasteiger partial charge in [0.2, 0.25) is 11.8 Å². The fourth-order valence-electron chi connectivity index (χ4n) is 7.12. The molecule has 0 unspecified atom stereocenters. The summed E-state index contributed by atoms with van der Waals surface area (Å²) in [6, 6.07) is 7.16. The predicted molar refractivity (Wildman–Crippen MR) is 152 cm³/mol. The number of carbonyl (C=O) groups is 3. The van der Waals surface area contributed by atoms with Crippen molar-refractivity contribution in [2.75, 3.05) is 11.9 Å². The molecule has 1 aromatic heterocycles. The van der Waals surface area contributed by atoms with Crippen molar-refractivity contribution >= 4 is 23.4 Å². The van der Waals surface area contributed by atoms with Gasteiger partial charge in [-0.25, -0.2) is 0 Å². The van der Waals surface area contributed by atoms with Crippen LogP contribution in [0.3, 0.4) is 0 Å². The third kappa shape index (κ3) is 5.41. The van der Waals surface area contributed by atoms with Crippen molar-refractivity contribution < 1.29 is 18.9 Å². The van der Waals surface area contributed by atoms with Gasteiger partial charge in [-0.3, -0.25) is 14.4 Å².